The van der Waals surface area contributed by atoms with Gasteiger partial charge in [-0.25, -0.2) is 0 Å². The molecule has 0 aromatic heterocycles. The Bertz CT molecular complexity index is 218. The van der Waals surface area contributed by atoms with Gasteiger partial charge in [0.2, 0.25) is 0 Å². The number of rotatable bonds is 5. The molecule has 5 heteroatoms. The molecule has 2 unspecified atom stereocenters. The molecule has 2 nitrogen and oxygen atoms in total. The van der Waals surface area contributed by atoms with Crippen LogP contribution in [0.2, 0.25) is 0 Å². The Morgan fingerprint density at radius 3 is 2.47 bits per heavy atom. The van der Waals surface area contributed by atoms with Gasteiger partial charge >= 0.3 is 6.18 Å². The average Bonchev–Trinajstić information content (AvgIpc) is 2.26. The minimum absolute atomic E-state index is 0.108. The van der Waals surface area contributed by atoms with E-state index in [9.17, 15) is 13.2 Å². The minimum Gasteiger partial charge on any atom is -0.317 e. The molecule has 0 aliphatic heterocycles. The molecule has 0 saturated heterocycles. The van der Waals surface area contributed by atoms with Crippen molar-refractivity contribution in [1.82, 2.24) is 10.2 Å². The van der Waals surface area contributed by atoms with Crippen molar-refractivity contribution in [3.8, 4) is 0 Å². The van der Waals surface area contributed by atoms with Crippen molar-refractivity contribution in [2.24, 2.45) is 5.92 Å². The first-order chi connectivity index (χ1) is 7.92. The summed E-state index contributed by atoms with van der Waals surface area (Å²) in [7, 11) is 3.73. The van der Waals surface area contributed by atoms with E-state index in [1.807, 2.05) is 11.9 Å². The van der Waals surface area contributed by atoms with Crippen molar-refractivity contribution in [1.29, 1.82) is 0 Å². The van der Waals surface area contributed by atoms with Gasteiger partial charge in [-0.15, -0.1) is 0 Å². The Labute approximate surface area is 102 Å². The number of hydrogen-bond acceptors (Lipinski definition) is 2. The van der Waals surface area contributed by atoms with Crippen LogP contribution >= 0.6 is 0 Å². The molecule has 1 saturated carbocycles. The number of nitrogens with zero attached hydrogens (tertiary/aromatic N) is 1. The van der Waals surface area contributed by atoms with Crippen molar-refractivity contribution in [3.63, 3.8) is 0 Å². The topological polar surface area (TPSA) is 15.3 Å². The van der Waals surface area contributed by atoms with Crippen molar-refractivity contribution in [2.45, 2.75) is 44.3 Å². The van der Waals surface area contributed by atoms with Crippen molar-refractivity contribution in [3.05, 3.63) is 0 Å². The SMILES string of the molecule is CNC1CCCCC1CN(C)CCC(F)(F)F. The fourth-order valence-electron chi connectivity index (χ4n) is 2.62. The molecule has 0 aromatic carbocycles. The van der Waals surface area contributed by atoms with E-state index in [0.29, 0.717) is 12.0 Å². The zero-order valence-corrected chi connectivity index (χ0v) is 10.7. The molecule has 1 N–H and O–H groups in total. The summed E-state index contributed by atoms with van der Waals surface area (Å²) in [4.78, 5) is 1.81. The molecule has 102 valence electrons. The van der Waals surface area contributed by atoms with Crippen LogP contribution in [0.4, 0.5) is 13.2 Å². The average molecular weight is 252 g/mol. The van der Waals surface area contributed by atoms with Crippen LogP contribution in [0.1, 0.15) is 32.1 Å². The van der Waals surface area contributed by atoms with Crippen molar-refractivity contribution in [2.75, 3.05) is 27.2 Å². The van der Waals surface area contributed by atoms with E-state index >= 15 is 0 Å². The van der Waals surface area contributed by atoms with Crippen LogP contribution in [0.15, 0.2) is 0 Å². The van der Waals surface area contributed by atoms with Crippen molar-refractivity contribution >= 4 is 0 Å². The molecule has 1 aliphatic rings. The van der Waals surface area contributed by atoms with E-state index in [2.05, 4.69) is 5.32 Å². The molecule has 0 amide bonds. The minimum atomic E-state index is -4.04. The van der Waals surface area contributed by atoms with Crippen LogP contribution < -0.4 is 5.32 Å². The highest BCUT2D eigenvalue weighted by atomic mass is 19.4. The van der Waals surface area contributed by atoms with Gasteiger partial charge in [-0.05, 0) is 32.9 Å². The smallest absolute Gasteiger partial charge is 0.317 e. The summed E-state index contributed by atoms with van der Waals surface area (Å²) in [5.74, 6) is 0.493. The van der Waals surface area contributed by atoms with Gasteiger partial charge in [-0.2, -0.15) is 13.2 Å². The molecule has 1 rings (SSSR count). The Balaban J connectivity index is 2.31. The van der Waals surface area contributed by atoms with Crippen LogP contribution in [-0.2, 0) is 0 Å². The van der Waals surface area contributed by atoms with E-state index < -0.39 is 12.6 Å². The predicted octanol–water partition coefficient (Wildman–Crippen LogP) is 2.65. The standard InChI is InChI=1S/C12H23F3N2/c1-16-11-6-4-3-5-10(11)9-17(2)8-7-12(13,14)15/h10-11,16H,3-9H2,1-2H3. The van der Waals surface area contributed by atoms with E-state index in [1.54, 1.807) is 7.05 Å². The van der Waals surface area contributed by atoms with Crippen LogP contribution in [0, 0.1) is 5.92 Å². The summed E-state index contributed by atoms with van der Waals surface area (Å²) >= 11 is 0. The number of hydrogen-bond donors (Lipinski definition) is 1. The summed E-state index contributed by atoms with van der Waals surface area (Å²) in [6, 6.07) is 0.470. The Morgan fingerprint density at radius 1 is 1.24 bits per heavy atom. The van der Waals surface area contributed by atoms with Gasteiger partial charge in [-0.3, -0.25) is 0 Å². The first-order valence-electron chi connectivity index (χ1n) is 6.35. The van der Waals surface area contributed by atoms with Gasteiger partial charge in [0, 0.05) is 19.1 Å². The molecule has 1 aliphatic carbocycles. The number of halogens is 3. The predicted molar refractivity (Wildman–Crippen MR) is 63.0 cm³/mol. The quantitative estimate of drug-likeness (QED) is 0.809. The third kappa shape index (κ3) is 5.73. The first-order valence-corrected chi connectivity index (χ1v) is 6.35. The Morgan fingerprint density at radius 2 is 1.88 bits per heavy atom. The zero-order chi connectivity index (χ0) is 12.9. The molecule has 0 heterocycles. The van der Waals surface area contributed by atoms with Crippen molar-refractivity contribution < 1.29 is 13.2 Å². The second-order valence-corrected chi connectivity index (χ2v) is 5.07. The van der Waals surface area contributed by atoms with Crippen LogP contribution in [0.25, 0.3) is 0 Å². The second kappa shape index (κ2) is 6.59. The molecule has 0 bridgehead atoms. The molecule has 0 aromatic rings. The van der Waals surface area contributed by atoms with Gasteiger partial charge in [-0.1, -0.05) is 12.8 Å². The molecule has 0 radical (unpaired) electrons. The Kier molecular flexibility index (Phi) is 5.73. The third-order valence-corrected chi connectivity index (χ3v) is 3.60. The maximum absolute atomic E-state index is 12.1. The van der Waals surface area contributed by atoms with Gasteiger partial charge in [0.25, 0.3) is 0 Å². The Hall–Kier alpha value is -0.290. The van der Waals surface area contributed by atoms with Crippen LogP contribution in [0.3, 0.4) is 0 Å². The maximum Gasteiger partial charge on any atom is 0.390 e. The number of alkyl halides is 3. The molecule has 1 fully saturated rings. The highest BCUT2D eigenvalue weighted by Crippen LogP contribution is 2.25. The van der Waals surface area contributed by atoms with E-state index in [-0.39, 0.29) is 6.54 Å². The zero-order valence-electron chi connectivity index (χ0n) is 10.7. The lowest BCUT2D eigenvalue weighted by Gasteiger charge is -2.34. The largest absolute Gasteiger partial charge is 0.390 e. The first kappa shape index (κ1) is 14.8. The van der Waals surface area contributed by atoms with E-state index in [4.69, 9.17) is 0 Å². The van der Waals surface area contributed by atoms with E-state index in [0.717, 1.165) is 19.4 Å². The van der Waals surface area contributed by atoms with E-state index in [1.165, 1.54) is 12.8 Å². The second-order valence-electron chi connectivity index (χ2n) is 5.07. The lowest BCUT2D eigenvalue weighted by molar-refractivity contribution is -0.137. The fourth-order valence-corrected chi connectivity index (χ4v) is 2.62. The molecule has 2 atom stereocenters. The summed E-state index contributed by atoms with van der Waals surface area (Å²) in [6.45, 7) is 0.873. The summed E-state index contributed by atoms with van der Waals surface area (Å²) in [5, 5.41) is 3.28. The fraction of sp³-hybridized carbons (Fsp3) is 1.00. The molecular formula is C12H23F3N2. The molecule has 17 heavy (non-hydrogen) atoms. The van der Waals surface area contributed by atoms with Gasteiger partial charge in [0.1, 0.15) is 0 Å². The third-order valence-electron chi connectivity index (χ3n) is 3.60. The summed E-state index contributed by atoms with van der Waals surface area (Å²) in [6.07, 6.45) is -0.0377. The monoisotopic (exact) mass is 252 g/mol. The normalized spacial score (nSPS) is 26.5. The maximum atomic E-state index is 12.1. The van der Waals surface area contributed by atoms with Crippen LogP contribution in [-0.4, -0.2) is 44.3 Å². The summed E-state index contributed by atoms with van der Waals surface area (Å²) in [5.41, 5.74) is 0. The highest BCUT2D eigenvalue weighted by Gasteiger charge is 2.29. The molecule has 0 spiro atoms. The van der Waals surface area contributed by atoms with Crippen LogP contribution in [0.5, 0.6) is 0 Å². The summed E-state index contributed by atoms with van der Waals surface area (Å²) < 4.78 is 36.3. The van der Waals surface area contributed by atoms with Gasteiger partial charge in [0.05, 0.1) is 6.42 Å². The highest BCUT2D eigenvalue weighted by molar-refractivity contribution is 4.81. The lowest BCUT2D eigenvalue weighted by atomic mass is 9.84. The van der Waals surface area contributed by atoms with Gasteiger partial charge < -0.3 is 10.2 Å². The van der Waals surface area contributed by atoms with Gasteiger partial charge in [0.15, 0.2) is 0 Å². The number of nitrogens with one attached hydrogen (secondary N) is 1. The lowest BCUT2D eigenvalue weighted by Crippen LogP contribution is -2.42. The molecular weight excluding hydrogens is 229 g/mol.